The van der Waals surface area contributed by atoms with Gasteiger partial charge in [0.1, 0.15) is 5.75 Å². The molecule has 0 spiro atoms. The second-order valence-corrected chi connectivity index (χ2v) is 9.38. The summed E-state index contributed by atoms with van der Waals surface area (Å²) >= 11 is 6.22. The molecular weight excluding hydrogens is 476 g/mol. The molecule has 36 heavy (non-hydrogen) atoms. The van der Waals surface area contributed by atoms with Crippen molar-refractivity contribution in [1.29, 1.82) is 0 Å². The lowest BCUT2D eigenvalue weighted by atomic mass is 9.97. The lowest BCUT2D eigenvalue weighted by Gasteiger charge is -2.31. The number of nitrogens with zero attached hydrogens (tertiary/aromatic N) is 3. The summed E-state index contributed by atoms with van der Waals surface area (Å²) in [6.45, 7) is 3.99. The average Bonchev–Trinajstić information content (AvgIpc) is 3.35. The average molecular weight is 503 g/mol. The zero-order valence-electron chi connectivity index (χ0n) is 20.0. The quantitative estimate of drug-likeness (QED) is 0.317. The molecule has 1 aromatic heterocycles. The Morgan fingerprint density at radius 3 is 2.78 bits per heavy atom. The standard InChI is InChI=1S/C28H27ClN4O3/c1-19-8-5-6-12-23(19)27-31-26(36-32-27)18-33-15-7-9-20(17-33)28(34)30-24-16-21(29)13-14-25(24)35-22-10-3-2-4-11-22/h2-6,8,10-14,16,20H,7,9,15,17-18H2,1H3,(H,30,34). The predicted octanol–water partition coefficient (Wildman–Crippen LogP) is 6.34. The van der Waals surface area contributed by atoms with E-state index in [0.717, 1.165) is 30.5 Å². The maximum absolute atomic E-state index is 13.2. The van der Waals surface area contributed by atoms with Crippen LogP contribution in [0.1, 0.15) is 24.3 Å². The minimum absolute atomic E-state index is 0.0639. The van der Waals surface area contributed by atoms with E-state index in [9.17, 15) is 4.79 Å². The molecule has 8 heteroatoms. The van der Waals surface area contributed by atoms with E-state index in [1.165, 1.54) is 0 Å². The summed E-state index contributed by atoms with van der Waals surface area (Å²) in [7, 11) is 0. The number of amides is 1. The molecule has 0 bridgehead atoms. The molecular formula is C28H27ClN4O3. The van der Waals surface area contributed by atoms with Crippen molar-refractivity contribution in [1.82, 2.24) is 15.0 Å². The monoisotopic (exact) mass is 502 g/mol. The number of ether oxygens (including phenoxy) is 1. The number of carbonyl (C=O) groups excluding carboxylic acids is 1. The normalized spacial score (nSPS) is 16.0. The van der Waals surface area contributed by atoms with Gasteiger partial charge in [0.05, 0.1) is 18.2 Å². The van der Waals surface area contributed by atoms with Crippen LogP contribution in [0.25, 0.3) is 11.4 Å². The van der Waals surface area contributed by atoms with Gasteiger partial charge in [-0.25, -0.2) is 0 Å². The second kappa shape index (κ2) is 10.9. The highest BCUT2D eigenvalue weighted by atomic mass is 35.5. The van der Waals surface area contributed by atoms with Crippen LogP contribution < -0.4 is 10.1 Å². The van der Waals surface area contributed by atoms with Crippen molar-refractivity contribution in [2.75, 3.05) is 18.4 Å². The highest BCUT2D eigenvalue weighted by Gasteiger charge is 2.28. The number of hydrogen-bond acceptors (Lipinski definition) is 6. The zero-order valence-corrected chi connectivity index (χ0v) is 20.7. The van der Waals surface area contributed by atoms with Crippen LogP contribution in [0.3, 0.4) is 0 Å². The lowest BCUT2D eigenvalue weighted by molar-refractivity contribution is -0.121. The van der Waals surface area contributed by atoms with Crippen LogP contribution in [0.5, 0.6) is 11.5 Å². The molecule has 1 saturated heterocycles. The number of likely N-dealkylation sites (tertiary alicyclic amines) is 1. The molecule has 5 rings (SSSR count). The van der Waals surface area contributed by atoms with Gasteiger partial charge in [-0.1, -0.05) is 59.2 Å². The fourth-order valence-corrected chi connectivity index (χ4v) is 4.57. The Bertz CT molecular complexity index is 1340. The maximum Gasteiger partial charge on any atom is 0.241 e. The summed E-state index contributed by atoms with van der Waals surface area (Å²) in [6.07, 6.45) is 1.70. The van der Waals surface area contributed by atoms with Crippen LogP contribution in [0.4, 0.5) is 5.69 Å². The minimum atomic E-state index is -0.180. The summed E-state index contributed by atoms with van der Waals surface area (Å²) in [6, 6.07) is 22.6. The van der Waals surface area contributed by atoms with Crippen LogP contribution >= 0.6 is 11.6 Å². The number of benzene rings is 3. The van der Waals surface area contributed by atoms with Gasteiger partial charge in [-0.05, 0) is 62.2 Å². The third kappa shape index (κ3) is 5.75. The van der Waals surface area contributed by atoms with Crippen molar-refractivity contribution >= 4 is 23.2 Å². The van der Waals surface area contributed by atoms with Crippen LogP contribution in [0, 0.1) is 12.8 Å². The Kier molecular flexibility index (Phi) is 7.30. The van der Waals surface area contributed by atoms with E-state index in [4.69, 9.17) is 20.9 Å². The number of aromatic nitrogens is 2. The van der Waals surface area contributed by atoms with E-state index in [1.54, 1.807) is 18.2 Å². The van der Waals surface area contributed by atoms with Gasteiger partial charge < -0.3 is 14.6 Å². The first-order chi connectivity index (χ1) is 17.5. The molecule has 1 aliphatic heterocycles. The molecule has 7 nitrogen and oxygen atoms in total. The molecule has 3 aromatic carbocycles. The Hall–Kier alpha value is -3.68. The summed E-state index contributed by atoms with van der Waals surface area (Å²) in [4.78, 5) is 20.0. The highest BCUT2D eigenvalue weighted by Crippen LogP contribution is 2.33. The van der Waals surface area contributed by atoms with E-state index in [2.05, 4.69) is 20.4 Å². The van der Waals surface area contributed by atoms with Crippen molar-refractivity contribution in [3.05, 3.63) is 89.3 Å². The van der Waals surface area contributed by atoms with E-state index in [1.807, 2.05) is 61.5 Å². The first-order valence-electron chi connectivity index (χ1n) is 12.0. The number of nitrogens with one attached hydrogen (secondary N) is 1. The summed E-state index contributed by atoms with van der Waals surface area (Å²) in [5.41, 5.74) is 2.60. The molecule has 184 valence electrons. The number of anilines is 1. The van der Waals surface area contributed by atoms with Gasteiger partial charge in [-0.15, -0.1) is 0 Å². The SMILES string of the molecule is Cc1ccccc1-c1noc(CN2CCCC(C(=O)Nc3cc(Cl)ccc3Oc3ccccc3)C2)n1. The molecule has 1 aliphatic rings. The third-order valence-corrected chi connectivity index (χ3v) is 6.49. The highest BCUT2D eigenvalue weighted by molar-refractivity contribution is 6.31. The minimum Gasteiger partial charge on any atom is -0.455 e. The van der Waals surface area contributed by atoms with Gasteiger partial charge in [0.2, 0.25) is 17.6 Å². The molecule has 0 saturated carbocycles. The number of hydrogen-bond donors (Lipinski definition) is 1. The first-order valence-corrected chi connectivity index (χ1v) is 12.4. The van der Waals surface area contributed by atoms with Crippen molar-refractivity contribution in [2.24, 2.45) is 5.92 Å². The van der Waals surface area contributed by atoms with Crippen LogP contribution in [-0.2, 0) is 11.3 Å². The van der Waals surface area contributed by atoms with Crippen LogP contribution in [-0.4, -0.2) is 34.0 Å². The fourth-order valence-electron chi connectivity index (χ4n) is 4.40. The van der Waals surface area contributed by atoms with Gasteiger partial charge in [-0.2, -0.15) is 4.98 Å². The van der Waals surface area contributed by atoms with Crippen LogP contribution in [0.15, 0.2) is 77.3 Å². The summed E-state index contributed by atoms with van der Waals surface area (Å²) in [5.74, 6) is 2.11. The zero-order chi connectivity index (χ0) is 24.9. The molecule has 1 fully saturated rings. The molecule has 0 radical (unpaired) electrons. The molecule has 1 atom stereocenters. The number of aryl methyl sites for hydroxylation is 1. The lowest BCUT2D eigenvalue weighted by Crippen LogP contribution is -2.40. The maximum atomic E-state index is 13.2. The van der Waals surface area contributed by atoms with E-state index < -0.39 is 0 Å². The van der Waals surface area contributed by atoms with Crippen LogP contribution in [0.2, 0.25) is 5.02 Å². The summed E-state index contributed by atoms with van der Waals surface area (Å²) < 4.78 is 11.5. The van der Waals surface area contributed by atoms with Crippen molar-refractivity contribution in [3.63, 3.8) is 0 Å². The Balaban J connectivity index is 1.24. The molecule has 2 heterocycles. The number of carbonyl (C=O) groups is 1. The van der Waals surface area contributed by atoms with Crippen molar-refractivity contribution < 1.29 is 14.1 Å². The number of rotatable bonds is 7. The Morgan fingerprint density at radius 2 is 1.94 bits per heavy atom. The molecule has 0 aliphatic carbocycles. The third-order valence-electron chi connectivity index (χ3n) is 6.26. The molecule has 4 aromatic rings. The molecule has 1 unspecified atom stereocenters. The second-order valence-electron chi connectivity index (χ2n) is 8.95. The fraction of sp³-hybridized carbons (Fsp3) is 0.250. The van der Waals surface area contributed by atoms with E-state index >= 15 is 0 Å². The van der Waals surface area contributed by atoms with Gasteiger partial charge in [0.15, 0.2) is 5.75 Å². The first kappa shape index (κ1) is 24.0. The van der Waals surface area contributed by atoms with Crippen molar-refractivity contribution in [3.8, 4) is 22.9 Å². The smallest absolute Gasteiger partial charge is 0.241 e. The van der Waals surface area contributed by atoms with Gasteiger partial charge in [-0.3, -0.25) is 9.69 Å². The summed E-state index contributed by atoms with van der Waals surface area (Å²) in [5, 5.41) is 7.71. The van der Waals surface area contributed by atoms with Gasteiger partial charge in [0, 0.05) is 17.1 Å². The predicted molar refractivity (Wildman–Crippen MR) is 139 cm³/mol. The van der Waals surface area contributed by atoms with E-state index in [0.29, 0.717) is 47.0 Å². The Labute approximate surface area is 215 Å². The Morgan fingerprint density at radius 1 is 1.14 bits per heavy atom. The van der Waals surface area contributed by atoms with Gasteiger partial charge in [0.25, 0.3) is 0 Å². The largest absolute Gasteiger partial charge is 0.455 e. The topological polar surface area (TPSA) is 80.5 Å². The van der Waals surface area contributed by atoms with E-state index in [-0.39, 0.29) is 11.8 Å². The number of para-hydroxylation sites is 1. The van der Waals surface area contributed by atoms with Crippen molar-refractivity contribution in [2.45, 2.75) is 26.3 Å². The van der Waals surface area contributed by atoms with Gasteiger partial charge >= 0.3 is 0 Å². The number of halogens is 1. The molecule has 1 N–H and O–H groups in total. The number of piperidine rings is 1. The molecule has 1 amide bonds.